The molecule has 5 nitrogen and oxygen atoms in total. The number of hydrogen-bond donors (Lipinski definition) is 2. The molecule has 5 heteroatoms. The smallest absolute Gasteiger partial charge is 0.213 e. The molecule has 0 unspecified atom stereocenters. The summed E-state index contributed by atoms with van der Waals surface area (Å²) in [5.41, 5.74) is 7.20. The van der Waals surface area contributed by atoms with Crippen molar-refractivity contribution >= 4 is 5.84 Å². The van der Waals surface area contributed by atoms with Gasteiger partial charge in [-0.25, -0.2) is 4.98 Å². The molecular weight excluding hydrogens is 240 g/mol. The summed E-state index contributed by atoms with van der Waals surface area (Å²) in [6, 6.07) is 7.45. The number of amidine groups is 1. The summed E-state index contributed by atoms with van der Waals surface area (Å²) in [6.45, 7) is 0.606. The van der Waals surface area contributed by atoms with E-state index < -0.39 is 0 Å². The topological polar surface area (TPSA) is 84.9 Å². The Kier molecular flexibility index (Phi) is 4.44. The van der Waals surface area contributed by atoms with Gasteiger partial charge >= 0.3 is 0 Å². The number of hydrogen-bond acceptors (Lipinski definition) is 4. The third-order valence-corrected chi connectivity index (χ3v) is 2.66. The van der Waals surface area contributed by atoms with Gasteiger partial charge in [-0.3, -0.25) is 10.4 Å². The van der Waals surface area contributed by atoms with Gasteiger partial charge in [0.2, 0.25) is 5.88 Å². The normalized spacial score (nSPS) is 10.1. The van der Waals surface area contributed by atoms with Gasteiger partial charge in [0, 0.05) is 30.2 Å². The van der Waals surface area contributed by atoms with Crippen molar-refractivity contribution in [2.75, 3.05) is 6.61 Å². The van der Waals surface area contributed by atoms with Crippen LogP contribution in [0.15, 0.2) is 42.9 Å². The Morgan fingerprint density at radius 1 is 1.21 bits per heavy atom. The third kappa shape index (κ3) is 4.06. The molecule has 0 atom stereocenters. The molecule has 2 rings (SSSR count). The van der Waals surface area contributed by atoms with Crippen LogP contribution in [0.3, 0.4) is 0 Å². The fourth-order valence-corrected chi connectivity index (χ4v) is 1.63. The van der Waals surface area contributed by atoms with Crippen LogP contribution in [0.5, 0.6) is 5.88 Å². The summed E-state index contributed by atoms with van der Waals surface area (Å²) in [5.74, 6) is 0.566. The average molecular weight is 256 g/mol. The minimum atomic E-state index is 0.0109. The molecule has 0 fully saturated rings. The fourth-order valence-electron chi connectivity index (χ4n) is 1.63. The van der Waals surface area contributed by atoms with Crippen LogP contribution in [0.2, 0.25) is 0 Å². The molecule has 0 aliphatic rings. The van der Waals surface area contributed by atoms with Gasteiger partial charge in [-0.15, -0.1) is 0 Å². The van der Waals surface area contributed by atoms with Crippen molar-refractivity contribution in [3.63, 3.8) is 0 Å². The molecule has 19 heavy (non-hydrogen) atoms. The Balaban J connectivity index is 1.75. The first-order valence-electron chi connectivity index (χ1n) is 6.08. The van der Waals surface area contributed by atoms with Crippen molar-refractivity contribution in [2.24, 2.45) is 5.73 Å². The molecule has 0 bridgehead atoms. The molecule has 98 valence electrons. The summed E-state index contributed by atoms with van der Waals surface area (Å²) < 4.78 is 5.52. The van der Waals surface area contributed by atoms with Gasteiger partial charge in [-0.05, 0) is 36.6 Å². The second kappa shape index (κ2) is 6.49. The molecule has 0 amide bonds. The Morgan fingerprint density at radius 2 is 2.00 bits per heavy atom. The van der Waals surface area contributed by atoms with E-state index in [1.54, 1.807) is 30.7 Å². The van der Waals surface area contributed by atoms with E-state index in [1.165, 1.54) is 5.56 Å². The molecule has 2 aromatic heterocycles. The highest BCUT2D eigenvalue weighted by molar-refractivity contribution is 5.94. The van der Waals surface area contributed by atoms with Crippen LogP contribution in [-0.4, -0.2) is 22.4 Å². The first-order valence-corrected chi connectivity index (χ1v) is 6.08. The Bertz CT molecular complexity index is 525. The maximum atomic E-state index is 7.26. The fraction of sp³-hybridized carbons (Fsp3) is 0.214. The molecule has 0 saturated carbocycles. The number of aromatic nitrogens is 2. The summed E-state index contributed by atoms with van der Waals surface area (Å²) >= 11 is 0. The molecule has 3 N–H and O–H groups in total. The number of nitrogens with two attached hydrogens (primary N) is 1. The monoisotopic (exact) mass is 256 g/mol. The summed E-state index contributed by atoms with van der Waals surface area (Å²) in [7, 11) is 0. The Labute approximate surface area is 112 Å². The number of pyridine rings is 2. The summed E-state index contributed by atoms with van der Waals surface area (Å²) in [6.07, 6.45) is 6.99. The van der Waals surface area contributed by atoms with E-state index >= 15 is 0 Å². The van der Waals surface area contributed by atoms with Crippen LogP contribution in [0.4, 0.5) is 0 Å². The van der Waals surface area contributed by atoms with Crippen molar-refractivity contribution in [1.29, 1.82) is 5.41 Å². The van der Waals surface area contributed by atoms with Crippen molar-refractivity contribution < 1.29 is 4.74 Å². The molecule has 0 aliphatic heterocycles. The van der Waals surface area contributed by atoms with Crippen molar-refractivity contribution in [2.45, 2.75) is 12.8 Å². The lowest BCUT2D eigenvalue weighted by atomic mass is 10.1. The van der Waals surface area contributed by atoms with E-state index in [0.717, 1.165) is 12.8 Å². The van der Waals surface area contributed by atoms with E-state index in [9.17, 15) is 0 Å². The largest absolute Gasteiger partial charge is 0.478 e. The second-order valence-electron chi connectivity index (χ2n) is 4.11. The van der Waals surface area contributed by atoms with Crippen LogP contribution in [0.25, 0.3) is 0 Å². The van der Waals surface area contributed by atoms with Gasteiger partial charge < -0.3 is 10.5 Å². The standard InChI is InChI=1S/C14H16N4O/c15-14(16)12-3-4-13(18-10-12)19-9-1-2-11-5-7-17-8-6-11/h3-8,10H,1-2,9H2,(H3,15,16). The summed E-state index contributed by atoms with van der Waals surface area (Å²) in [5, 5.41) is 7.26. The van der Waals surface area contributed by atoms with E-state index in [-0.39, 0.29) is 5.84 Å². The zero-order chi connectivity index (χ0) is 13.5. The minimum Gasteiger partial charge on any atom is -0.478 e. The highest BCUT2D eigenvalue weighted by Gasteiger charge is 1.99. The van der Waals surface area contributed by atoms with Crippen molar-refractivity contribution in [1.82, 2.24) is 9.97 Å². The molecule has 0 aromatic carbocycles. The van der Waals surface area contributed by atoms with Gasteiger partial charge in [0.15, 0.2) is 0 Å². The van der Waals surface area contributed by atoms with E-state index in [0.29, 0.717) is 18.1 Å². The first-order chi connectivity index (χ1) is 9.25. The molecule has 0 spiro atoms. The lowest BCUT2D eigenvalue weighted by Crippen LogP contribution is -2.11. The average Bonchev–Trinajstić information content (AvgIpc) is 2.45. The van der Waals surface area contributed by atoms with Crippen LogP contribution in [0.1, 0.15) is 17.5 Å². The number of nitrogens with one attached hydrogen (secondary N) is 1. The van der Waals surface area contributed by atoms with Gasteiger partial charge in [-0.2, -0.15) is 0 Å². The molecule has 0 radical (unpaired) electrons. The van der Waals surface area contributed by atoms with E-state index in [1.807, 2.05) is 12.1 Å². The van der Waals surface area contributed by atoms with Crippen LogP contribution in [0, 0.1) is 5.41 Å². The summed E-state index contributed by atoms with van der Waals surface area (Å²) in [4.78, 5) is 8.07. The number of nitrogens with zero attached hydrogens (tertiary/aromatic N) is 2. The van der Waals surface area contributed by atoms with Crippen molar-refractivity contribution in [3.05, 3.63) is 54.0 Å². The lowest BCUT2D eigenvalue weighted by Gasteiger charge is -2.05. The van der Waals surface area contributed by atoms with Gasteiger partial charge in [-0.1, -0.05) is 0 Å². The number of nitrogen functional groups attached to an aromatic ring is 1. The Hall–Kier alpha value is -2.43. The molecule has 2 heterocycles. The van der Waals surface area contributed by atoms with Crippen LogP contribution in [-0.2, 0) is 6.42 Å². The predicted molar refractivity (Wildman–Crippen MR) is 73.3 cm³/mol. The zero-order valence-electron chi connectivity index (χ0n) is 10.5. The molecule has 0 aliphatic carbocycles. The number of aryl methyl sites for hydroxylation is 1. The maximum absolute atomic E-state index is 7.26. The third-order valence-electron chi connectivity index (χ3n) is 2.66. The zero-order valence-corrected chi connectivity index (χ0v) is 10.5. The Morgan fingerprint density at radius 3 is 2.63 bits per heavy atom. The maximum Gasteiger partial charge on any atom is 0.213 e. The first kappa shape index (κ1) is 13.0. The van der Waals surface area contributed by atoms with E-state index in [2.05, 4.69) is 9.97 Å². The quantitative estimate of drug-likeness (QED) is 0.468. The van der Waals surface area contributed by atoms with Gasteiger partial charge in [0.05, 0.1) is 6.61 Å². The highest BCUT2D eigenvalue weighted by Crippen LogP contribution is 2.08. The molecule has 2 aromatic rings. The minimum absolute atomic E-state index is 0.0109. The van der Waals surface area contributed by atoms with Crippen LogP contribution < -0.4 is 10.5 Å². The SMILES string of the molecule is N=C(N)c1ccc(OCCCc2ccncc2)nc1. The number of rotatable bonds is 6. The van der Waals surface area contributed by atoms with Crippen LogP contribution >= 0.6 is 0 Å². The lowest BCUT2D eigenvalue weighted by molar-refractivity contribution is 0.299. The van der Waals surface area contributed by atoms with E-state index in [4.69, 9.17) is 15.9 Å². The molecule has 0 saturated heterocycles. The highest BCUT2D eigenvalue weighted by atomic mass is 16.5. The van der Waals surface area contributed by atoms with Gasteiger partial charge in [0.25, 0.3) is 0 Å². The predicted octanol–water partition coefficient (Wildman–Crippen LogP) is 1.77. The van der Waals surface area contributed by atoms with Crippen molar-refractivity contribution in [3.8, 4) is 5.88 Å². The second-order valence-corrected chi connectivity index (χ2v) is 4.11. The molecular formula is C14H16N4O. The van der Waals surface area contributed by atoms with Gasteiger partial charge in [0.1, 0.15) is 5.84 Å². The number of ether oxygens (including phenoxy) is 1.